The highest BCUT2D eigenvalue weighted by molar-refractivity contribution is 8.16. The molecule has 0 N–H and O–H groups in total. The van der Waals surface area contributed by atoms with Crippen LogP contribution in [0.1, 0.15) is 0 Å². The van der Waals surface area contributed by atoms with Gasteiger partial charge in [-0.25, -0.2) is 0 Å². The first-order valence-electron chi connectivity index (χ1n) is 2.24. The Kier molecular flexibility index (Phi) is 1.70. The first-order chi connectivity index (χ1) is 3.84. The average molecular weight is 130 g/mol. The smallest absolute Gasteiger partial charge is 0.225 e. The van der Waals surface area contributed by atoms with E-state index in [1.165, 1.54) is 18.9 Å². The second-order valence-corrected chi connectivity index (χ2v) is 2.33. The molecule has 0 bridgehead atoms. The zero-order chi connectivity index (χ0) is 5.98. The number of ether oxygens (including phenoxy) is 1. The maximum Gasteiger partial charge on any atom is 0.225 e. The molecule has 44 valence electrons. The molecule has 2 nitrogen and oxygen atoms in total. The first kappa shape index (κ1) is 5.85. The fourth-order valence-corrected chi connectivity index (χ4v) is 1.16. The summed E-state index contributed by atoms with van der Waals surface area (Å²) >= 11 is 1.19. The van der Waals surface area contributed by atoms with E-state index < -0.39 is 0 Å². The fourth-order valence-electron chi connectivity index (χ4n) is 0.498. The lowest BCUT2D eigenvalue weighted by molar-refractivity contribution is -0.117. The summed E-state index contributed by atoms with van der Waals surface area (Å²) in [5, 5.41) is 1.82. The molecular formula is C5H6O2S. The lowest BCUT2D eigenvalue weighted by atomic mass is 10.4. The lowest BCUT2D eigenvalue weighted by Gasteiger charge is -1.98. The summed E-state index contributed by atoms with van der Waals surface area (Å²) in [5.74, 6) is 0. The highest BCUT2D eigenvalue weighted by Gasteiger charge is 2.18. The zero-order valence-electron chi connectivity index (χ0n) is 4.46. The van der Waals surface area contributed by atoms with Gasteiger partial charge in [-0.1, -0.05) is 11.8 Å². The van der Waals surface area contributed by atoms with Gasteiger partial charge in [0.05, 0.1) is 0 Å². The monoisotopic (exact) mass is 130 g/mol. The Hall–Kier alpha value is -0.280. The van der Waals surface area contributed by atoms with Crippen molar-refractivity contribution >= 4 is 16.9 Å². The van der Waals surface area contributed by atoms with Crippen LogP contribution in [0.5, 0.6) is 0 Å². The molecule has 3 heteroatoms. The van der Waals surface area contributed by atoms with Crippen molar-refractivity contribution < 1.29 is 9.53 Å². The van der Waals surface area contributed by atoms with Crippen molar-refractivity contribution in [2.24, 2.45) is 0 Å². The largest absolute Gasteiger partial charge is 0.369 e. The van der Waals surface area contributed by atoms with Crippen LogP contribution >= 0.6 is 11.8 Å². The Morgan fingerprint density at radius 2 is 2.62 bits per heavy atom. The summed E-state index contributed by atoms with van der Waals surface area (Å²) in [6.45, 7) is 0. The summed E-state index contributed by atoms with van der Waals surface area (Å²) in [6, 6.07) is 0. The standard InChI is InChI=1S/C5H6O2S/c1-7-4-2-3-8-5(4)6/h2-4H,1H3. The Balaban J connectivity index is 2.53. The van der Waals surface area contributed by atoms with Crippen LogP contribution in [0, 0.1) is 0 Å². The van der Waals surface area contributed by atoms with Gasteiger partial charge >= 0.3 is 0 Å². The Morgan fingerprint density at radius 1 is 1.88 bits per heavy atom. The predicted octanol–water partition coefficient (Wildman–Crippen LogP) is 0.788. The van der Waals surface area contributed by atoms with Crippen molar-refractivity contribution in [2.45, 2.75) is 6.10 Å². The van der Waals surface area contributed by atoms with Crippen LogP contribution in [-0.2, 0) is 9.53 Å². The molecule has 0 aromatic heterocycles. The van der Waals surface area contributed by atoms with Crippen molar-refractivity contribution in [3.8, 4) is 0 Å². The number of hydrogen-bond acceptors (Lipinski definition) is 3. The number of methoxy groups -OCH3 is 1. The van der Waals surface area contributed by atoms with Crippen molar-refractivity contribution in [3.63, 3.8) is 0 Å². The molecule has 0 amide bonds. The van der Waals surface area contributed by atoms with Crippen LogP contribution in [-0.4, -0.2) is 18.3 Å². The fraction of sp³-hybridized carbons (Fsp3) is 0.400. The highest BCUT2D eigenvalue weighted by Crippen LogP contribution is 2.18. The topological polar surface area (TPSA) is 26.3 Å². The predicted molar refractivity (Wildman–Crippen MR) is 32.5 cm³/mol. The third kappa shape index (κ3) is 0.928. The summed E-state index contributed by atoms with van der Waals surface area (Å²) in [5.41, 5.74) is 0. The lowest BCUT2D eigenvalue weighted by Crippen LogP contribution is -2.12. The molecule has 0 fully saturated rings. The summed E-state index contributed by atoms with van der Waals surface area (Å²) < 4.78 is 4.77. The number of carbonyl (C=O) groups excluding carboxylic acids is 1. The van der Waals surface area contributed by atoms with Crippen LogP contribution in [0.25, 0.3) is 0 Å². The zero-order valence-corrected chi connectivity index (χ0v) is 5.27. The van der Waals surface area contributed by atoms with Gasteiger partial charge in [-0.3, -0.25) is 4.79 Å². The third-order valence-corrected chi connectivity index (χ3v) is 1.68. The maximum absolute atomic E-state index is 10.6. The SMILES string of the molecule is COC1C=CSC1=O. The summed E-state index contributed by atoms with van der Waals surface area (Å²) in [4.78, 5) is 10.6. The molecule has 8 heavy (non-hydrogen) atoms. The molecule has 0 aromatic rings. The van der Waals surface area contributed by atoms with Crippen LogP contribution in [0.4, 0.5) is 0 Å². The van der Waals surface area contributed by atoms with Gasteiger partial charge in [0.2, 0.25) is 5.12 Å². The quantitative estimate of drug-likeness (QED) is 0.525. The van der Waals surface area contributed by atoms with Crippen molar-refractivity contribution in [2.75, 3.05) is 7.11 Å². The number of thioether (sulfide) groups is 1. The molecule has 1 heterocycles. The van der Waals surface area contributed by atoms with Gasteiger partial charge in [-0.05, 0) is 11.5 Å². The van der Waals surface area contributed by atoms with Gasteiger partial charge in [-0.2, -0.15) is 0 Å². The van der Waals surface area contributed by atoms with Crippen molar-refractivity contribution in [1.82, 2.24) is 0 Å². The molecule has 1 rings (SSSR count). The van der Waals surface area contributed by atoms with E-state index in [9.17, 15) is 4.79 Å². The number of rotatable bonds is 1. The van der Waals surface area contributed by atoms with E-state index in [0.29, 0.717) is 0 Å². The van der Waals surface area contributed by atoms with Gasteiger partial charge in [0.1, 0.15) is 6.10 Å². The van der Waals surface area contributed by atoms with Gasteiger partial charge in [0, 0.05) is 7.11 Å². The summed E-state index contributed by atoms with van der Waals surface area (Å²) in [6.07, 6.45) is 1.45. The molecule has 0 aliphatic carbocycles. The molecule has 1 atom stereocenters. The van der Waals surface area contributed by atoms with E-state index in [1.807, 2.05) is 0 Å². The van der Waals surface area contributed by atoms with E-state index >= 15 is 0 Å². The Morgan fingerprint density at radius 3 is 2.88 bits per heavy atom. The molecule has 1 unspecified atom stereocenters. The summed E-state index contributed by atoms with van der Waals surface area (Å²) in [7, 11) is 1.53. The molecule has 0 spiro atoms. The van der Waals surface area contributed by atoms with E-state index in [2.05, 4.69) is 0 Å². The number of hydrogen-bond donors (Lipinski definition) is 0. The molecule has 0 saturated heterocycles. The van der Waals surface area contributed by atoms with Crippen molar-refractivity contribution in [1.29, 1.82) is 0 Å². The van der Waals surface area contributed by atoms with Crippen LogP contribution in [0.2, 0.25) is 0 Å². The van der Waals surface area contributed by atoms with Crippen molar-refractivity contribution in [3.05, 3.63) is 11.5 Å². The molecule has 1 aliphatic rings. The molecular weight excluding hydrogens is 124 g/mol. The molecule has 0 aromatic carbocycles. The first-order valence-corrected chi connectivity index (χ1v) is 3.12. The van der Waals surface area contributed by atoms with Gasteiger partial charge in [0.15, 0.2) is 0 Å². The van der Waals surface area contributed by atoms with E-state index in [0.717, 1.165) is 0 Å². The minimum Gasteiger partial charge on any atom is -0.369 e. The van der Waals surface area contributed by atoms with Crippen LogP contribution < -0.4 is 0 Å². The van der Waals surface area contributed by atoms with E-state index in [1.54, 1.807) is 11.5 Å². The van der Waals surface area contributed by atoms with Crippen LogP contribution in [0.15, 0.2) is 11.5 Å². The normalized spacial score (nSPS) is 27.1. The number of carbonyl (C=O) groups is 1. The third-order valence-electron chi connectivity index (χ3n) is 0.924. The maximum atomic E-state index is 10.6. The van der Waals surface area contributed by atoms with Crippen LogP contribution in [0.3, 0.4) is 0 Å². The van der Waals surface area contributed by atoms with E-state index in [-0.39, 0.29) is 11.2 Å². The highest BCUT2D eigenvalue weighted by atomic mass is 32.2. The van der Waals surface area contributed by atoms with E-state index in [4.69, 9.17) is 4.74 Å². The van der Waals surface area contributed by atoms with Gasteiger partial charge in [0.25, 0.3) is 0 Å². The second kappa shape index (κ2) is 2.33. The second-order valence-electron chi connectivity index (χ2n) is 1.42. The minimum atomic E-state index is -0.292. The minimum absolute atomic E-state index is 0.0764. The molecule has 0 radical (unpaired) electrons. The molecule has 1 aliphatic heterocycles. The Bertz CT molecular complexity index is 130. The molecule has 0 saturated carbocycles. The van der Waals surface area contributed by atoms with Gasteiger partial charge < -0.3 is 4.74 Å². The van der Waals surface area contributed by atoms with Gasteiger partial charge in [-0.15, -0.1) is 0 Å². The Labute approximate surface area is 51.9 Å². The average Bonchev–Trinajstić information content (AvgIpc) is 2.14.